The predicted octanol–water partition coefficient (Wildman–Crippen LogP) is 1.99. The Hall–Kier alpha value is -0.340. The highest BCUT2D eigenvalue weighted by molar-refractivity contribution is 5.08. The smallest absolute Gasteiger partial charge is 0.108 e. The lowest BCUT2D eigenvalue weighted by Gasteiger charge is -2.28. The molecular formula is C10H20O2. The minimum absolute atomic E-state index is 0.173. The first-order chi connectivity index (χ1) is 5.42. The van der Waals surface area contributed by atoms with E-state index >= 15 is 0 Å². The summed E-state index contributed by atoms with van der Waals surface area (Å²) in [6, 6.07) is 0. The van der Waals surface area contributed by atoms with Crippen molar-refractivity contribution < 1.29 is 9.84 Å². The van der Waals surface area contributed by atoms with E-state index in [4.69, 9.17) is 4.74 Å². The maximum Gasteiger partial charge on any atom is 0.108 e. The van der Waals surface area contributed by atoms with Crippen molar-refractivity contribution in [3.05, 3.63) is 11.6 Å². The zero-order valence-corrected chi connectivity index (χ0v) is 8.72. The van der Waals surface area contributed by atoms with Crippen molar-refractivity contribution in [2.24, 2.45) is 5.92 Å². The van der Waals surface area contributed by atoms with E-state index in [1.165, 1.54) is 0 Å². The molecule has 1 unspecified atom stereocenters. The van der Waals surface area contributed by atoms with Gasteiger partial charge in [-0.05, 0) is 19.8 Å². The van der Waals surface area contributed by atoms with E-state index in [0.29, 0.717) is 6.61 Å². The van der Waals surface area contributed by atoms with Crippen LogP contribution in [0.4, 0.5) is 0 Å². The van der Waals surface area contributed by atoms with E-state index in [-0.39, 0.29) is 5.92 Å². The number of ether oxygens (including phenoxy) is 1. The molecule has 12 heavy (non-hydrogen) atoms. The van der Waals surface area contributed by atoms with E-state index in [9.17, 15) is 5.11 Å². The Labute approximate surface area is 75.2 Å². The summed E-state index contributed by atoms with van der Waals surface area (Å²) in [6.07, 6.45) is 1.86. The van der Waals surface area contributed by atoms with Crippen molar-refractivity contribution >= 4 is 0 Å². The molecule has 0 aliphatic carbocycles. The van der Waals surface area contributed by atoms with Crippen LogP contribution in [0, 0.1) is 5.92 Å². The van der Waals surface area contributed by atoms with Gasteiger partial charge in [0.15, 0.2) is 0 Å². The molecule has 0 radical (unpaired) electrons. The fourth-order valence-electron chi connectivity index (χ4n) is 1.11. The second-order valence-corrected chi connectivity index (χ2v) is 3.80. The third-order valence-electron chi connectivity index (χ3n) is 1.91. The normalized spacial score (nSPS) is 15.9. The Bertz CT molecular complexity index is 157. The number of hydrogen-bond acceptors (Lipinski definition) is 2. The van der Waals surface area contributed by atoms with E-state index in [2.05, 4.69) is 0 Å². The quantitative estimate of drug-likeness (QED) is 0.657. The highest BCUT2D eigenvalue weighted by atomic mass is 16.5. The molecule has 2 nitrogen and oxygen atoms in total. The van der Waals surface area contributed by atoms with Crippen LogP contribution >= 0.6 is 0 Å². The number of aliphatic hydroxyl groups is 1. The summed E-state index contributed by atoms with van der Waals surface area (Å²) in [5.41, 5.74) is 0.302. The lowest BCUT2D eigenvalue weighted by atomic mass is 9.89. The van der Waals surface area contributed by atoms with Crippen LogP contribution in [0.15, 0.2) is 11.6 Å². The van der Waals surface area contributed by atoms with Crippen LogP contribution in [0.3, 0.4) is 0 Å². The van der Waals surface area contributed by atoms with Crippen molar-refractivity contribution in [2.45, 2.75) is 33.3 Å². The molecule has 0 amide bonds. The fourth-order valence-corrected chi connectivity index (χ4v) is 1.11. The van der Waals surface area contributed by atoms with Crippen LogP contribution < -0.4 is 0 Å². The summed E-state index contributed by atoms with van der Waals surface area (Å²) in [5.74, 6) is 0.173. The average molecular weight is 172 g/mol. The van der Waals surface area contributed by atoms with Gasteiger partial charge in [0.25, 0.3) is 0 Å². The number of methoxy groups -OCH3 is 1. The highest BCUT2D eigenvalue weighted by Gasteiger charge is 2.27. The van der Waals surface area contributed by atoms with Crippen molar-refractivity contribution in [1.82, 2.24) is 0 Å². The Morgan fingerprint density at radius 3 is 2.25 bits per heavy atom. The standard InChI is InChI=1S/C10H20O2/c1-8(2)6-10(11,7-12-5)9(3)4/h6,9,11H,7H2,1-5H3. The van der Waals surface area contributed by atoms with Gasteiger partial charge in [-0.25, -0.2) is 0 Å². The third-order valence-corrected chi connectivity index (χ3v) is 1.91. The Kier molecular flexibility index (Phi) is 4.50. The molecule has 0 saturated heterocycles. The van der Waals surface area contributed by atoms with Gasteiger partial charge < -0.3 is 9.84 Å². The predicted molar refractivity (Wildman–Crippen MR) is 51.1 cm³/mol. The molecule has 0 saturated carbocycles. The lowest BCUT2D eigenvalue weighted by molar-refractivity contribution is -0.0268. The van der Waals surface area contributed by atoms with E-state index in [0.717, 1.165) is 5.57 Å². The molecule has 0 aromatic carbocycles. The number of rotatable bonds is 4. The fraction of sp³-hybridized carbons (Fsp3) is 0.800. The van der Waals surface area contributed by atoms with Gasteiger partial charge in [0.05, 0.1) is 6.61 Å². The molecule has 0 fully saturated rings. The van der Waals surface area contributed by atoms with Crippen LogP contribution in [0.2, 0.25) is 0 Å². The van der Waals surface area contributed by atoms with Gasteiger partial charge in [-0.2, -0.15) is 0 Å². The zero-order chi connectivity index (χ0) is 9.78. The summed E-state index contributed by atoms with van der Waals surface area (Å²) in [5, 5.41) is 10.1. The molecule has 0 bridgehead atoms. The van der Waals surface area contributed by atoms with Gasteiger partial charge in [-0.15, -0.1) is 0 Å². The Morgan fingerprint density at radius 2 is 2.00 bits per heavy atom. The van der Waals surface area contributed by atoms with Crippen LogP contribution in [-0.4, -0.2) is 24.4 Å². The van der Waals surface area contributed by atoms with Gasteiger partial charge in [0.1, 0.15) is 5.60 Å². The van der Waals surface area contributed by atoms with Gasteiger partial charge in [-0.1, -0.05) is 25.5 Å². The van der Waals surface area contributed by atoms with E-state index in [1.807, 2.05) is 33.8 Å². The molecule has 0 aliphatic heterocycles. The summed E-state index contributed by atoms with van der Waals surface area (Å²) >= 11 is 0. The molecule has 2 heteroatoms. The molecule has 0 aromatic rings. The third kappa shape index (κ3) is 3.37. The summed E-state index contributed by atoms with van der Waals surface area (Å²) < 4.78 is 4.97. The van der Waals surface area contributed by atoms with E-state index < -0.39 is 5.60 Å². The molecule has 1 N–H and O–H groups in total. The van der Waals surface area contributed by atoms with Crippen molar-refractivity contribution in [1.29, 1.82) is 0 Å². The lowest BCUT2D eigenvalue weighted by Crippen LogP contribution is -2.37. The topological polar surface area (TPSA) is 29.5 Å². The van der Waals surface area contributed by atoms with Crippen molar-refractivity contribution in [2.75, 3.05) is 13.7 Å². The zero-order valence-electron chi connectivity index (χ0n) is 8.72. The SMILES string of the molecule is COCC(O)(C=C(C)C)C(C)C. The maximum absolute atomic E-state index is 10.1. The van der Waals surface area contributed by atoms with Gasteiger partial charge in [0, 0.05) is 7.11 Å². The molecule has 0 aliphatic rings. The second-order valence-electron chi connectivity index (χ2n) is 3.80. The molecule has 0 aromatic heterocycles. The van der Waals surface area contributed by atoms with E-state index in [1.54, 1.807) is 7.11 Å². The molecule has 0 spiro atoms. The highest BCUT2D eigenvalue weighted by Crippen LogP contribution is 2.20. The Balaban J connectivity index is 4.50. The first kappa shape index (κ1) is 11.7. The van der Waals surface area contributed by atoms with Crippen LogP contribution in [-0.2, 0) is 4.74 Å². The first-order valence-electron chi connectivity index (χ1n) is 4.29. The monoisotopic (exact) mass is 172 g/mol. The van der Waals surface area contributed by atoms with Crippen molar-refractivity contribution in [3.63, 3.8) is 0 Å². The maximum atomic E-state index is 10.1. The number of hydrogen-bond donors (Lipinski definition) is 1. The minimum Gasteiger partial charge on any atom is -0.383 e. The van der Waals surface area contributed by atoms with Crippen LogP contribution in [0.5, 0.6) is 0 Å². The molecule has 1 atom stereocenters. The van der Waals surface area contributed by atoms with Crippen LogP contribution in [0.25, 0.3) is 0 Å². The van der Waals surface area contributed by atoms with Gasteiger partial charge >= 0.3 is 0 Å². The molecule has 0 rings (SSSR count). The van der Waals surface area contributed by atoms with Gasteiger partial charge in [0.2, 0.25) is 0 Å². The second kappa shape index (κ2) is 4.63. The minimum atomic E-state index is -0.812. The molecule has 72 valence electrons. The molecular weight excluding hydrogens is 152 g/mol. The summed E-state index contributed by atoms with van der Waals surface area (Å²) in [7, 11) is 1.60. The largest absolute Gasteiger partial charge is 0.383 e. The summed E-state index contributed by atoms with van der Waals surface area (Å²) in [6.45, 7) is 8.28. The average Bonchev–Trinajstić information content (AvgIpc) is 1.85. The first-order valence-corrected chi connectivity index (χ1v) is 4.29. The number of allylic oxidation sites excluding steroid dienone is 1. The Morgan fingerprint density at radius 1 is 1.50 bits per heavy atom. The van der Waals surface area contributed by atoms with Crippen molar-refractivity contribution in [3.8, 4) is 0 Å². The summed E-state index contributed by atoms with van der Waals surface area (Å²) in [4.78, 5) is 0. The molecule has 0 heterocycles. The van der Waals surface area contributed by atoms with Crippen LogP contribution in [0.1, 0.15) is 27.7 Å². The van der Waals surface area contributed by atoms with Gasteiger partial charge in [-0.3, -0.25) is 0 Å².